The van der Waals surface area contributed by atoms with Gasteiger partial charge in [-0.3, -0.25) is 4.79 Å². The third-order valence-electron chi connectivity index (χ3n) is 5.70. The zero-order chi connectivity index (χ0) is 20.6. The highest BCUT2D eigenvalue weighted by Gasteiger charge is 2.35. The first-order valence-electron chi connectivity index (χ1n) is 10.8. The van der Waals surface area contributed by atoms with Crippen molar-refractivity contribution in [1.82, 2.24) is 10.2 Å². The van der Waals surface area contributed by atoms with Crippen LogP contribution in [0.1, 0.15) is 39.5 Å². The van der Waals surface area contributed by atoms with Crippen molar-refractivity contribution in [2.75, 3.05) is 44.3 Å². The smallest absolute Gasteiger partial charge is 0.265 e. The van der Waals surface area contributed by atoms with Crippen LogP contribution in [0.4, 0.5) is 5.69 Å². The third kappa shape index (κ3) is 5.60. The highest BCUT2D eigenvalue weighted by molar-refractivity contribution is 7.80. The lowest BCUT2D eigenvalue weighted by Crippen LogP contribution is -2.55. The Kier molecular flexibility index (Phi) is 8.12. The summed E-state index contributed by atoms with van der Waals surface area (Å²) in [6.07, 6.45) is 4.23. The van der Waals surface area contributed by atoms with Crippen molar-refractivity contribution in [3.05, 3.63) is 24.3 Å². The van der Waals surface area contributed by atoms with Crippen LogP contribution in [0.2, 0.25) is 0 Å². The highest BCUT2D eigenvalue weighted by Crippen LogP contribution is 2.33. The molecule has 2 atom stereocenters. The molecule has 1 N–H and O–H groups in total. The number of carbonyl (C=O) groups excluding carboxylic acids is 1. The van der Waals surface area contributed by atoms with E-state index in [4.69, 9.17) is 21.7 Å². The summed E-state index contributed by atoms with van der Waals surface area (Å²) in [7, 11) is 0. The second-order valence-electron chi connectivity index (χ2n) is 7.73. The van der Waals surface area contributed by atoms with Crippen molar-refractivity contribution < 1.29 is 14.3 Å². The van der Waals surface area contributed by atoms with E-state index in [0.717, 1.165) is 18.7 Å². The lowest BCUT2D eigenvalue weighted by atomic mass is 9.99. The van der Waals surface area contributed by atoms with Gasteiger partial charge < -0.3 is 24.6 Å². The Hall–Kier alpha value is -1.86. The second-order valence-corrected chi connectivity index (χ2v) is 8.11. The van der Waals surface area contributed by atoms with Crippen molar-refractivity contribution >= 4 is 28.9 Å². The van der Waals surface area contributed by atoms with Gasteiger partial charge in [0, 0.05) is 19.6 Å². The van der Waals surface area contributed by atoms with Crippen molar-refractivity contribution in [3.8, 4) is 5.75 Å². The van der Waals surface area contributed by atoms with Gasteiger partial charge in [0.2, 0.25) is 0 Å². The van der Waals surface area contributed by atoms with E-state index < -0.39 is 6.10 Å². The predicted molar refractivity (Wildman–Crippen MR) is 120 cm³/mol. The zero-order valence-electron chi connectivity index (χ0n) is 17.6. The molecule has 2 heterocycles. The molecule has 1 aromatic rings. The Bertz CT molecular complexity index is 694. The fourth-order valence-electron chi connectivity index (χ4n) is 3.81. The van der Waals surface area contributed by atoms with E-state index in [1.54, 1.807) is 0 Å². The average Bonchev–Trinajstić information content (AvgIpc) is 2.78. The quantitative estimate of drug-likeness (QED) is 0.685. The zero-order valence-corrected chi connectivity index (χ0v) is 18.4. The summed E-state index contributed by atoms with van der Waals surface area (Å²) in [5.41, 5.74) is 0.914. The average molecular weight is 420 g/mol. The van der Waals surface area contributed by atoms with Gasteiger partial charge in [-0.05, 0) is 36.7 Å². The van der Waals surface area contributed by atoms with E-state index in [1.165, 1.54) is 19.3 Å². The first-order chi connectivity index (χ1) is 14.1. The number of rotatable bonds is 7. The van der Waals surface area contributed by atoms with E-state index in [0.29, 0.717) is 49.6 Å². The second kappa shape index (κ2) is 10.8. The molecular formula is C22H33N3O3S. The van der Waals surface area contributed by atoms with Crippen LogP contribution in [-0.4, -0.2) is 61.4 Å². The number of benzene rings is 1. The SMILES string of the molecule is CCCC[C@H](CC)CNC(=S)N1C[C@@H](C(=O)N2CCOCC2)Oc2ccccc21. The van der Waals surface area contributed by atoms with Gasteiger partial charge in [0.25, 0.3) is 5.91 Å². The number of para-hydroxylation sites is 2. The first-order valence-corrected chi connectivity index (χ1v) is 11.2. The van der Waals surface area contributed by atoms with Crippen LogP contribution in [-0.2, 0) is 9.53 Å². The molecule has 29 heavy (non-hydrogen) atoms. The minimum atomic E-state index is -0.565. The Morgan fingerprint density at radius 2 is 2.03 bits per heavy atom. The minimum absolute atomic E-state index is 0.00461. The molecule has 0 saturated carbocycles. The van der Waals surface area contributed by atoms with Gasteiger partial charge in [-0.2, -0.15) is 0 Å². The monoisotopic (exact) mass is 419 g/mol. The predicted octanol–water partition coefficient (Wildman–Crippen LogP) is 3.20. The number of nitrogens with zero attached hydrogens (tertiary/aromatic N) is 2. The summed E-state index contributed by atoms with van der Waals surface area (Å²) in [5.74, 6) is 1.31. The van der Waals surface area contributed by atoms with Gasteiger partial charge in [0.15, 0.2) is 11.2 Å². The fourth-order valence-corrected chi connectivity index (χ4v) is 4.07. The Morgan fingerprint density at radius 1 is 1.28 bits per heavy atom. The maximum Gasteiger partial charge on any atom is 0.265 e. The summed E-state index contributed by atoms with van der Waals surface area (Å²) in [6, 6.07) is 7.79. The molecule has 0 aromatic heterocycles. The number of anilines is 1. The van der Waals surface area contributed by atoms with Crippen LogP contribution in [0.15, 0.2) is 24.3 Å². The summed E-state index contributed by atoms with van der Waals surface area (Å²) in [4.78, 5) is 16.9. The Balaban J connectivity index is 1.69. The van der Waals surface area contributed by atoms with Gasteiger partial charge >= 0.3 is 0 Å². The number of ether oxygens (including phenoxy) is 2. The van der Waals surface area contributed by atoms with Gasteiger partial charge in [0.1, 0.15) is 5.75 Å². The van der Waals surface area contributed by atoms with Crippen molar-refractivity contribution in [2.24, 2.45) is 5.92 Å². The molecule has 3 rings (SSSR count). The molecule has 0 aliphatic carbocycles. The Morgan fingerprint density at radius 3 is 2.76 bits per heavy atom. The maximum atomic E-state index is 13.0. The number of morpholine rings is 1. The highest BCUT2D eigenvalue weighted by atomic mass is 32.1. The molecule has 1 saturated heterocycles. The third-order valence-corrected chi connectivity index (χ3v) is 6.07. The number of hydrogen-bond donors (Lipinski definition) is 1. The molecular weight excluding hydrogens is 386 g/mol. The van der Waals surface area contributed by atoms with Crippen molar-refractivity contribution in [1.29, 1.82) is 0 Å². The van der Waals surface area contributed by atoms with E-state index >= 15 is 0 Å². The molecule has 0 unspecified atom stereocenters. The number of hydrogen-bond acceptors (Lipinski definition) is 4. The number of fused-ring (bicyclic) bond motifs is 1. The minimum Gasteiger partial charge on any atom is -0.476 e. The molecule has 0 radical (unpaired) electrons. The number of carbonyl (C=O) groups is 1. The summed E-state index contributed by atoms with van der Waals surface area (Å²) < 4.78 is 11.4. The van der Waals surface area contributed by atoms with E-state index in [-0.39, 0.29) is 5.91 Å². The molecule has 0 spiro atoms. The van der Waals surface area contributed by atoms with Crippen LogP contribution in [0.25, 0.3) is 0 Å². The van der Waals surface area contributed by atoms with Crippen molar-refractivity contribution in [3.63, 3.8) is 0 Å². The normalized spacial score (nSPS) is 19.9. The number of unbranched alkanes of at least 4 members (excludes halogenated alkanes) is 1. The van der Waals surface area contributed by atoms with Crippen LogP contribution in [0, 0.1) is 5.92 Å². The number of amides is 1. The summed E-state index contributed by atoms with van der Waals surface area (Å²) in [5, 5.41) is 4.11. The van der Waals surface area contributed by atoms with Crippen LogP contribution < -0.4 is 15.0 Å². The Labute approximate surface area is 179 Å². The molecule has 7 heteroatoms. The summed E-state index contributed by atoms with van der Waals surface area (Å²) >= 11 is 5.74. The lowest BCUT2D eigenvalue weighted by Gasteiger charge is -2.38. The molecule has 6 nitrogen and oxygen atoms in total. The van der Waals surface area contributed by atoms with Crippen LogP contribution >= 0.6 is 12.2 Å². The molecule has 1 aromatic carbocycles. The number of nitrogens with one attached hydrogen (secondary N) is 1. The molecule has 2 aliphatic rings. The molecule has 160 valence electrons. The molecule has 1 fully saturated rings. The topological polar surface area (TPSA) is 54.0 Å². The van der Waals surface area contributed by atoms with E-state index in [9.17, 15) is 4.79 Å². The van der Waals surface area contributed by atoms with Gasteiger partial charge in [-0.25, -0.2) is 0 Å². The van der Waals surface area contributed by atoms with Crippen LogP contribution in [0.5, 0.6) is 5.75 Å². The van der Waals surface area contributed by atoms with Crippen LogP contribution in [0.3, 0.4) is 0 Å². The van der Waals surface area contributed by atoms with Gasteiger partial charge in [-0.1, -0.05) is 45.2 Å². The largest absolute Gasteiger partial charge is 0.476 e. The lowest BCUT2D eigenvalue weighted by molar-refractivity contribution is -0.142. The first kappa shape index (κ1) is 21.8. The standard InChI is InChI=1S/C22H33N3O3S/c1-3-5-8-17(4-2)15-23-22(29)25-16-20(21(26)24-11-13-27-14-12-24)28-19-10-7-6-9-18(19)25/h6-7,9-10,17,20H,3-5,8,11-16H2,1-2H3,(H,23,29)/t17-,20-/m0/s1. The van der Waals surface area contributed by atoms with E-state index in [2.05, 4.69) is 19.2 Å². The van der Waals surface area contributed by atoms with Crippen molar-refractivity contribution in [2.45, 2.75) is 45.6 Å². The van der Waals surface area contributed by atoms with E-state index in [1.807, 2.05) is 34.1 Å². The summed E-state index contributed by atoms with van der Waals surface area (Å²) in [6.45, 7) is 8.11. The maximum absolute atomic E-state index is 13.0. The van der Waals surface area contributed by atoms with Gasteiger partial charge in [-0.15, -0.1) is 0 Å². The molecule has 2 aliphatic heterocycles. The molecule has 0 bridgehead atoms. The fraction of sp³-hybridized carbons (Fsp3) is 0.636. The molecule has 1 amide bonds. The van der Waals surface area contributed by atoms with Gasteiger partial charge in [0.05, 0.1) is 25.4 Å². The number of thiocarbonyl (C=S) groups is 1.